The molecule has 0 atom stereocenters. The Morgan fingerprint density at radius 2 is 1.93 bits per heavy atom. The SMILES string of the molecule is CCCCSCCNCCCOCC. The highest BCUT2D eigenvalue weighted by Crippen LogP contribution is 2.02. The number of unbranched alkanes of at least 4 members (excludes halogenated alkanes) is 1. The second-order valence-corrected chi connectivity index (χ2v) is 4.49. The Morgan fingerprint density at radius 1 is 1.07 bits per heavy atom. The maximum absolute atomic E-state index is 5.25. The van der Waals surface area contributed by atoms with Gasteiger partial charge in [-0.05, 0) is 32.1 Å². The van der Waals surface area contributed by atoms with Crippen molar-refractivity contribution in [3.05, 3.63) is 0 Å². The van der Waals surface area contributed by atoms with Crippen LogP contribution in [-0.2, 0) is 4.74 Å². The van der Waals surface area contributed by atoms with Gasteiger partial charge in [0, 0.05) is 25.5 Å². The van der Waals surface area contributed by atoms with Crippen LogP contribution in [0.15, 0.2) is 0 Å². The molecule has 0 aromatic carbocycles. The molecule has 0 aromatic rings. The minimum Gasteiger partial charge on any atom is -0.382 e. The molecule has 0 amide bonds. The van der Waals surface area contributed by atoms with Gasteiger partial charge in [0.15, 0.2) is 0 Å². The fraction of sp³-hybridized carbons (Fsp3) is 1.00. The normalized spacial score (nSPS) is 10.7. The number of hydrogen-bond acceptors (Lipinski definition) is 3. The molecule has 0 fully saturated rings. The molecule has 14 heavy (non-hydrogen) atoms. The van der Waals surface area contributed by atoms with Crippen LogP contribution in [0.5, 0.6) is 0 Å². The Balaban J connectivity index is 2.78. The molecule has 0 aliphatic carbocycles. The fourth-order valence-electron chi connectivity index (χ4n) is 1.06. The summed E-state index contributed by atoms with van der Waals surface area (Å²) in [4.78, 5) is 0. The van der Waals surface area contributed by atoms with Gasteiger partial charge >= 0.3 is 0 Å². The Bertz CT molecular complexity index is 89.3. The maximum atomic E-state index is 5.25. The first-order valence-electron chi connectivity index (χ1n) is 5.78. The average molecular weight is 219 g/mol. The topological polar surface area (TPSA) is 21.3 Å². The second kappa shape index (κ2) is 13.3. The van der Waals surface area contributed by atoms with E-state index >= 15 is 0 Å². The Kier molecular flexibility index (Phi) is 13.5. The van der Waals surface area contributed by atoms with E-state index in [0.717, 1.165) is 32.7 Å². The number of ether oxygens (including phenoxy) is 1. The van der Waals surface area contributed by atoms with Crippen LogP contribution < -0.4 is 5.32 Å². The van der Waals surface area contributed by atoms with E-state index in [1.165, 1.54) is 24.3 Å². The zero-order valence-electron chi connectivity index (χ0n) is 9.68. The second-order valence-electron chi connectivity index (χ2n) is 3.27. The van der Waals surface area contributed by atoms with Gasteiger partial charge in [-0.15, -0.1) is 0 Å². The summed E-state index contributed by atoms with van der Waals surface area (Å²) in [6.07, 6.45) is 3.80. The lowest BCUT2D eigenvalue weighted by Gasteiger charge is -2.04. The standard InChI is InChI=1S/C11H25NOS/c1-3-5-10-14-11-8-12-7-6-9-13-4-2/h12H,3-11H2,1-2H3. The van der Waals surface area contributed by atoms with Gasteiger partial charge in [0.25, 0.3) is 0 Å². The third-order valence-electron chi connectivity index (χ3n) is 1.91. The Hall–Kier alpha value is 0.270. The predicted octanol–water partition coefficient (Wildman–Crippen LogP) is 2.54. The predicted molar refractivity (Wildman–Crippen MR) is 66.2 cm³/mol. The van der Waals surface area contributed by atoms with Crippen LogP contribution in [-0.4, -0.2) is 37.8 Å². The van der Waals surface area contributed by atoms with Gasteiger partial charge in [0.05, 0.1) is 0 Å². The van der Waals surface area contributed by atoms with E-state index in [1.807, 2.05) is 6.92 Å². The number of thioether (sulfide) groups is 1. The minimum atomic E-state index is 0.840. The van der Waals surface area contributed by atoms with Gasteiger partial charge in [-0.3, -0.25) is 0 Å². The van der Waals surface area contributed by atoms with Gasteiger partial charge in [0.2, 0.25) is 0 Å². The summed E-state index contributed by atoms with van der Waals surface area (Å²) < 4.78 is 5.25. The smallest absolute Gasteiger partial charge is 0.0477 e. The quantitative estimate of drug-likeness (QED) is 0.540. The molecule has 0 unspecified atom stereocenters. The minimum absolute atomic E-state index is 0.840. The first kappa shape index (κ1) is 14.3. The molecule has 0 aliphatic heterocycles. The molecule has 0 aliphatic rings. The lowest BCUT2D eigenvalue weighted by atomic mass is 10.4. The van der Waals surface area contributed by atoms with Gasteiger partial charge < -0.3 is 10.1 Å². The molecule has 0 spiro atoms. The molecule has 0 saturated heterocycles. The summed E-state index contributed by atoms with van der Waals surface area (Å²) in [6.45, 7) is 8.25. The summed E-state index contributed by atoms with van der Waals surface area (Å²) in [6, 6.07) is 0. The summed E-state index contributed by atoms with van der Waals surface area (Å²) in [5.74, 6) is 2.56. The number of rotatable bonds is 11. The van der Waals surface area contributed by atoms with E-state index in [9.17, 15) is 0 Å². The summed E-state index contributed by atoms with van der Waals surface area (Å²) in [5.41, 5.74) is 0. The van der Waals surface area contributed by atoms with Gasteiger partial charge in [-0.25, -0.2) is 0 Å². The third-order valence-corrected chi connectivity index (χ3v) is 2.98. The van der Waals surface area contributed by atoms with E-state index in [2.05, 4.69) is 24.0 Å². The lowest BCUT2D eigenvalue weighted by molar-refractivity contribution is 0.145. The maximum Gasteiger partial charge on any atom is 0.0477 e. The van der Waals surface area contributed by atoms with Crippen molar-refractivity contribution in [1.82, 2.24) is 5.32 Å². The molecule has 0 heterocycles. The third kappa shape index (κ3) is 12.3. The van der Waals surface area contributed by atoms with Crippen LogP contribution in [0.25, 0.3) is 0 Å². The van der Waals surface area contributed by atoms with Crippen LogP contribution in [0.3, 0.4) is 0 Å². The molecule has 0 rings (SSSR count). The molecule has 0 radical (unpaired) electrons. The molecule has 3 heteroatoms. The molecular formula is C11H25NOS. The van der Waals surface area contributed by atoms with E-state index in [4.69, 9.17) is 4.74 Å². The van der Waals surface area contributed by atoms with Crippen LogP contribution in [0, 0.1) is 0 Å². The fourth-order valence-corrected chi connectivity index (χ4v) is 2.05. The monoisotopic (exact) mass is 219 g/mol. The first-order valence-corrected chi connectivity index (χ1v) is 6.93. The zero-order chi connectivity index (χ0) is 10.5. The number of nitrogens with one attached hydrogen (secondary N) is 1. The van der Waals surface area contributed by atoms with Crippen molar-refractivity contribution in [2.24, 2.45) is 0 Å². The highest BCUT2D eigenvalue weighted by molar-refractivity contribution is 7.99. The Labute approximate surface area is 93.2 Å². The van der Waals surface area contributed by atoms with Crippen molar-refractivity contribution < 1.29 is 4.74 Å². The van der Waals surface area contributed by atoms with Crippen molar-refractivity contribution in [2.45, 2.75) is 33.1 Å². The summed E-state index contributed by atoms with van der Waals surface area (Å²) >= 11 is 2.05. The summed E-state index contributed by atoms with van der Waals surface area (Å²) in [7, 11) is 0. The molecule has 86 valence electrons. The van der Waals surface area contributed by atoms with Gasteiger partial charge in [0.1, 0.15) is 0 Å². The van der Waals surface area contributed by atoms with Crippen LogP contribution in [0.4, 0.5) is 0 Å². The highest BCUT2D eigenvalue weighted by Gasteiger charge is 1.90. The zero-order valence-corrected chi connectivity index (χ0v) is 10.5. The van der Waals surface area contributed by atoms with Crippen molar-refractivity contribution >= 4 is 11.8 Å². The largest absolute Gasteiger partial charge is 0.382 e. The van der Waals surface area contributed by atoms with E-state index < -0.39 is 0 Å². The van der Waals surface area contributed by atoms with Crippen LogP contribution in [0.2, 0.25) is 0 Å². The average Bonchev–Trinajstić information content (AvgIpc) is 2.21. The van der Waals surface area contributed by atoms with E-state index in [-0.39, 0.29) is 0 Å². The molecule has 2 nitrogen and oxygen atoms in total. The molecule has 0 bridgehead atoms. The van der Waals surface area contributed by atoms with Crippen LogP contribution in [0.1, 0.15) is 33.1 Å². The van der Waals surface area contributed by atoms with Gasteiger partial charge in [-0.1, -0.05) is 13.3 Å². The highest BCUT2D eigenvalue weighted by atomic mass is 32.2. The van der Waals surface area contributed by atoms with Crippen molar-refractivity contribution in [3.63, 3.8) is 0 Å². The Morgan fingerprint density at radius 3 is 2.64 bits per heavy atom. The summed E-state index contributed by atoms with van der Waals surface area (Å²) in [5, 5.41) is 3.42. The van der Waals surface area contributed by atoms with Crippen molar-refractivity contribution in [2.75, 3.05) is 37.8 Å². The first-order chi connectivity index (χ1) is 6.91. The molecule has 1 N–H and O–H groups in total. The van der Waals surface area contributed by atoms with Crippen molar-refractivity contribution in [1.29, 1.82) is 0 Å². The molecule has 0 aromatic heterocycles. The van der Waals surface area contributed by atoms with Crippen LogP contribution >= 0.6 is 11.8 Å². The van der Waals surface area contributed by atoms with E-state index in [1.54, 1.807) is 0 Å². The lowest BCUT2D eigenvalue weighted by Crippen LogP contribution is -2.19. The van der Waals surface area contributed by atoms with E-state index in [0.29, 0.717) is 0 Å². The van der Waals surface area contributed by atoms with Gasteiger partial charge in [-0.2, -0.15) is 11.8 Å². The molecular weight excluding hydrogens is 194 g/mol. The molecule has 0 saturated carbocycles. The number of hydrogen-bond donors (Lipinski definition) is 1. The van der Waals surface area contributed by atoms with Crippen molar-refractivity contribution in [3.8, 4) is 0 Å².